The van der Waals surface area contributed by atoms with Crippen molar-refractivity contribution in [3.8, 4) is 0 Å². The molecule has 1 aliphatic heterocycles. The molecule has 1 saturated heterocycles. The minimum Gasteiger partial charge on any atom is -0.382 e. The second-order valence-corrected chi connectivity index (χ2v) is 5.27. The lowest BCUT2D eigenvalue weighted by molar-refractivity contribution is -0.137. The fourth-order valence-corrected chi connectivity index (χ4v) is 2.41. The maximum Gasteiger partial charge on any atom is 0.416 e. The minimum absolute atomic E-state index is 0.336. The standard InChI is InChI=1S/C14H19F3N2/c1-10-9-13(7-8-19(10)2)18-12-5-3-11(4-6-12)14(15,16)17/h3-6,10,13,18H,7-9H2,1-2H3. The first-order chi connectivity index (χ1) is 8.86. The first-order valence-electron chi connectivity index (χ1n) is 6.50. The SMILES string of the molecule is CC1CC(Nc2ccc(C(F)(F)F)cc2)CCN1C. The largest absolute Gasteiger partial charge is 0.416 e. The zero-order valence-corrected chi connectivity index (χ0v) is 11.2. The molecule has 0 amide bonds. The summed E-state index contributed by atoms with van der Waals surface area (Å²) in [5.41, 5.74) is 0.157. The van der Waals surface area contributed by atoms with Gasteiger partial charge in [0.05, 0.1) is 5.56 Å². The Labute approximate surface area is 111 Å². The predicted molar refractivity (Wildman–Crippen MR) is 70.2 cm³/mol. The molecule has 0 bridgehead atoms. The lowest BCUT2D eigenvalue weighted by Crippen LogP contribution is -2.42. The van der Waals surface area contributed by atoms with Crippen LogP contribution >= 0.6 is 0 Å². The lowest BCUT2D eigenvalue weighted by Gasteiger charge is -2.35. The van der Waals surface area contributed by atoms with Gasteiger partial charge in [0.25, 0.3) is 0 Å². The van der Waals surface area contributed by atoms with E-state index in [-0.39, 0.29) is 0 Å². The van der Waals surface area contributed by atoms with Gasteiger partial charge in [0.15, 0.2) is 0 Å². The van der Waals surface area contributed by atoms with Crippen molar-refractivity contribution in [2.24, 2.45) is 0 Å². The summed E-state index contributed by atoms with van der Waals surface area (Å²) < 4.78 is 37.3. The van der Waals surface area contributed by atoms with Crippen LogP contribution in [0, 0.1) is 0 Å². The molecular formula is C14H19F3N2. The molecule has 2 unspecified atom stereocenters. The van der Waals surface area contributed by atoms with E-state index in [1.54, 1.807) is 0 Å². The van der Waals surface area contributed by atoms with E-state index in [9.17, 15) is 13.2 Å². The van der Waals surface area contributed by atoms with E-state index in [4.69, 9.17) is 0 Å². The van der Waals surface area contributed by atoms with Crippen molar-refractivity contribution < 1.29 is 13.2 Å². The summed E-state index contributed by atoms with van der Waals surface area (Å²) in [6, 6.07) is 6.10. The van der Waals surface area contributed by atoms with E-state index < -0.39 is 11.7 Å². The summed E-state index contributed by atoms with van der Waals surface area (Å²) in [5.74, 6) is 0. The maximum atomic E-state index is 12.4. The summed E-state index contributed by atoms with van der Waals surface area (Å²) in [6.45, 7) is 3.18. The normalized spacial score (nSPS) is 25.3. The molecule has 0 radical (unpaired) electrons. The van der Waals surface area contributed by atoms with E-state index in [0.717, 1.165) is 37.2 Å². The molecule has 1 aliphatic rings. The van der Waals surface area contributed by atoms with Crippen LogP contribution in [0.5, 0.6) is 0 Å². The molecule has 19 heavy (non-hydrogen) atoms. The highest BCUT2D eigenvalue weighted by atomic mass is 19.4. The number of likely N-dealkylation sites (tertiary alicyclic amines) is 1. The Balaban J connectivity index is 1.97. The van der Waals surface area contributed by atoms with Crippen molar-refractivity contribution in [3.63, 3.8) is 0 Å². The number of rotatable bonds is 2. The van der Waals surface area contributed by atoms with Gasteiger partial charge >= 0.3 is 6.18 Å². The maximum absolute atomic E-state index is 12.4. The van der Waals surface area contributed by atoms with Crippen molar-refractivity contribution in [2.45, 2.75) is 38.0 Å². The van der Waals surface area contributed by atoms with E-state index in [2.05, 4.69) is 24.2 Å². The summed E-state index contributed by atoms with van der Waals surface area (Å²) >= 11 is 0. The van der Waals surface area contributed by atoms with Crippen LogP contribution in [0.2, 0.25) is 0 Å². The quantitative estimate of drug-likeness (QED) is 0.885. The van der Waals surface area contributed by atoms with E-state index in [1.807, 2.05) is 0 Å². The van der Waals surface area contributed by atoms with Crippen LogP contribution in [0.4, 0.5) is 18.9 Å². The van der Waals surface area contributed by atoms with Crippen LogP contribution in [0.1, 0.15) is 25.3 Å². The predicted octanol–water partition coefficient (Wildman–Crippen LogP) is 3.60. The number of nitrogens with one attached hydrogen (secondary N) is 1. The monoisotopic (exact) mass is 272 g/mol. The number of benzene rings is 1. The molecule has 2 atom stereocenters. The smallest absolute Gasteiger partial charge is 0.382 e. The molecule has 0 spiro atoms. The number of anilines is 1. The fourth-order valence-electron chi connectivity index (χ4n) is 2.41. The number of alkyl halides is 3. The van der Waals surface area contributed by atoms with Gasteiger partial charge in [0, 0.05) is 24.3 Å². The van der Waals surface area contributed by atoms with Gasteiger partial charge in [-0.05, 0) is 51.1 Å². The summed E-state index contributed by atoms with van der Waals surface area (Å²) in [4.78, 5) is 2.30. The Morgan fingerprint density at radius 1 is 1.21 bits per heavy atom. The summed E-state index contributed by atoms with van der Waals surface area (Å²) in [5, 5.41) is 3.32. The van der Waals surface area contributed by atoms with Crippen LogP contribution in [-0.2, 0) is 6.18 Å². The van der Waals surface area contributed by atoms with E-state index in [0.29, 0.717) is 12.1 Å². The van der Waals surface area contributed by atoms with Crippen LogP contribution in [0.3, 0.4) is 0 Å². The van der Waals surface area contributed by atoms with Crippen LogP contribution in [-0.4, -0.2) is 30.6 Å². The van der Waals surface area contributed by atoms with Gasteiger partial charge < -0.3 is 10.2 Å². The van der Waals surface area contributed by atoms with Crippen molar-refractivity contribution in [1.29, 1.82) is 0 Å². The number of hydrogen-bond acceptors (Lipinski definition) is 2. The second-order valence-electron chi connectivity index (χ2n) is 5.27. The molecule has 106 valence electrons. The molecule has 1 aromatic carbocycles. The van der Waals surface area contributed by atoms with Crippen molar-refractivity contribution >= 4 is 5.69 Å². The third-order valence-corrected chi connectivity index (χ3v) is 3.79. The first-order valence-corrected chi connectivity index (χ1v) is 6.50. The molecule has 1 N–H and O–H groups in total. The third kappa shape index (κ3) is 3.62. The van der Waals surface area contributed by atoms with Crippen LogP contribution < -0.4 is 5.32 Å². The van der Waals surface area contributed by atoms with Crippen molar-refractivity contribution in [1.82, 2.24) is 4.90 Å². The average molecular weight is 272 g/mol. The molecule has 1 heterocycles. The molecule has 0 aromatic heterocycles. The highest BCUT2D eigenvalue weighted by Gasteiger charge is 2.30. The molecule has 1 aromatic rings. The molecule has 5 heteroatoms. The molecule has 2 nitrogen and oxygen atoms in total. The van der Waals surface area contributed by atoms with Crippen LogP contribution in [0.25, 0.3) is 0 Å². The number of nitrogens with zero attached hydrogens (tertiary/aromatic N) is 1. The van der Waals surface area contributed by atoms with Gasteiger partial charge in [0.1, 0.15) is 0 Å². The van der Waals surface area contributed by atoms with Crippen molar-refractivity contribution in [3.05, 3.63) is 29.8 Å². The second kappa shape index (κ2) is 5.41. The van der Waals surface area contributed by atoms with Crippen molar-refractivity contribution in [2.75, 3.05) is 18.9 Å². The molecule has 1 fully saturated rings. The van der Waals surface area contributed by atoms with Gasteiger partial charge in [-0.3, -0.25) is 0 Å². The highest BCUT2D eigenvalue weighted by molar-refractivity contribution is 5.46. The number of hydrogen-bond donors (Lipinski definition) is 1. The number of piperidine rings is 1. The van der Waals surface area contributed by atoms with Gasteiger partial charge in [-0.2, -0.15) is 13.2 Å². The van der Waals surface area contributed by atoms with Gasteiger partial charge in [-0.15, -0.1) is 0 Å². The topological polar surface area (TPSA) is 15.3 Å². The first kappa shape index (κ1) is 14.2. The zero-order chi connectivity index (χ0) is 14.0. The highest BCUT2D eigenvalue weighted by Crippen LogP contribution is 2.30. The zero-order valence-electron chi connectivity index (χ0n) is 11.2. The Bertz CT molecular complexity index is 414. The molecular weight excluding hydrogens is 253 g/mol. The minimum atomic E-state index is -4.26. The Hall–Kier alpha value is -1.23. The Morgan fingerprint density at radius 2 is 1.84 bits per heavy atom. The summed E-state index contributed by atoms with van der Waals surface area (Å²) in [7, 11) is 2.10. The van der Waals surface area contributed by atoms with E-state index in [1.165, 1.54) is 12.1 Å². The van der Waals surface area contributed by atoms with Crippen LogP contribution in [0.15, 0.2) is 24.3 Å². The lowest BCUT2D eigenvalue weighted by atomic mass is 9.98. The van der Waals surface area contributed by atoms with Gasteiger partial charge in [-0.25, -0.2) is 0 Å². The fraction of sp³-hybridized carbons (Fsp3) is 0.571. The van der Waals surface area contributed by atoms with Gasteiger partial charge in [0.2, 0.25) is 0 Å². The Kier molecular flexibility index (Phi) is 4.04. The average Bonchev–Trinajstić information content (AvgIpc) is 2.33. The van der Waals surface area contributed by atoms with E-state index >= 15 is 0 Å². The molecule has 0 saturated carbocycles. The third-order valence-electron chi connectivity index (χ3n) is 3.79. The molecule has 0 aliphatic carbocycles. The Morgan fingerprint density at radius 3 is 2.37 bits per heavy atom. The summed E-state index contributed by atoms with van der Waals surface area (Å²) in [6.07, 6.45) is -2.24. The number of halogens is 3. The molecule has 2 rings (SSSR count). The van der Waals surface area contributed by atoms with Gasteiger partial charge in [-0.1, -0.05) is 0 Å².